The van der Waals surface area contributed by atoms with E-state index in [4.69, 9.17) is 27.9 Å². The number of ketones is 1. The van der Waals surface area contributed by atoms with E-state index in [0.717, 1.165) is 0 Å². The van der Waals surface area contributed by atoms with Gasteiger partial charge < -0.3 is 4.74 Å². The Morgan fingerprint density at radius 2 is 2.00 bits per heavy atom. The normalized spacial score (nSPS) is 12.0. The summed E-state index contributed by atoms with van der Waals surface area (Å²) in [6.45, 7) is 1.64. The highest BCUT2D eigenvalue weighted by Gasteiger charge is 2.17. The number of rotatable bonds is 5. The third-order valence-electron chi connectivity index (χ3n) is 2.93. The SMILES string of the molecule is CC(Oc1cccc(Cl)c1)C(=O)Cc1cc(F)ccc1Cl. The van der Waals surface area contributed by atoms with Gasteiger partial charge in [-0.2, -0.15) is 0 Å². The summed E-state index contributed by atoms with van der Waals surface area (Å²) in [5, 5.41) is 0.889. The van der Waals surface area contributed by atoms with Crippen molar-refractivity contribution in [2.24, 2.45) is 0 Å². The molecule has 0 aliphatic carbocycles. The van der Waals surface area contributed by atoms with Crippen molar-refractivity contribution in [3.63, 3.8) is 0 Å². The molecule has 0 fully saturated rings. The van der Waals surface area contributed by atoms with Crippen LogP contribution in [-0.4, -0.2) is 11.9 Å². The highest BCUT2D eigenvalue weighted by molar-refractivity contribution is 6.31. The van der Waals surface area contributed by atoms with Gasteiger partial charge in [0.05, 0.1) is 0 Å². The molecule has 110 valence electrons. The summed E-state index contributed by atoms with van der Waals surface area (Å²) >= 11 is 11.8. The van der Waals surface area contributed by atoms with E-state index in [1.807, 2.05) is 0 Å². The van der Waals surface area contributed by atoms with Gasteiger partial charge in [-0.05, 0) is 48.9 Å². The molecule has 0 N–H and O–H groups in total. The maximum atomic E-state index is 13.2. The molecule has 0 saturated heterocycles. The van der Waals surface area contributed by atoms with Gasteiger partial charge in [0.2, 0.25) is 0 Å². The molecule has 0 heterocycles. The fraction of sp³-hybridized carbons (Fsp3) is 0.188. The second-order valence-corrected chi connectivity index (χ2v) is 5.44. The van der Waals surface area contributed by atoms with E-state index < -0.39 is 11.9 Å². The van der Waals surface area contributed by atoms with Crippen molar-refractivity contribution in [3.8, 4) is 5.75 Å². The Kier molecular flexibility index (Phi) is 5.21. The quantitative estimate of drug-likeness (QED) is 0.795. The van der Waals surface area contributed by atoms with Crippen LogP contribution in [0.1, 0.15) is 12.5 Å². The number of carbonyl (C=O) groups is 1. The van der Waals surface area contributed by atoms with Gasteiger partial charge in [-0.1, -0.05) is 29.3 Å². The zero-order valence-corrected chi connectivity index (χ0v) is 12.8. The molecule has 0 bridgehead atoms. The molecule has 2 aromatic carbocycles. The fourth-order valence-electron chi connectivity index (χ4n) is 1.82. The standard InChI is InChI=1S/C16H13Cl2FO2/c1-10(21-14-4-2-3-12(17)9-14)16(20)8-11-7-13(19)5-6-15(11)18/h2-7,9-10H,8H2,1H3. The van der Waals surface area contributed by atoms with Crippen molar-refractivity contribution in [1.29, 1.82) is 0 Å². The van der Waals surface area contributed by atoms with Crippen molar-refractivity contribution < 1.29 is 13.9 Å². The van der Waals surface area contributed by atoms with Crippen LogP contribution in [0.15, 0.2) is 42.5 Å². The molecule has 1 atom stereocenters. The monoisotopic (exact) mass is 326 g/mol. The predicted octanol–water partition coefficient (Wildman–Crippen LogP) is 4.71. The Morgan fingerprint density at radius 3 is 2.71 bits per heavy atom. The van der Waals surface area contributed by atoms with Crippen LogP contribution in [0.4, 0.5) is 4.39 Å². The molecular weight excluding hydrogens is 314 g/mol. The van der Waals surface area contributed by atoms with E-state index >= 15 is 0 Å². The number of hydrogen-bond donors (Lipinski definition) is 0. The average molecular weight is 327 g/mol. The maximum Gasteiger partial charge on any atom is 0.177 e. The lowest BCUT2D eigenvalue weighted by atomic mass is 10.1. The van der Waals surface area contributed by atoms with Gasteiger partial charge in [-0.25, -0.2) is 4.39 Å². The summed E-state index contributed by atoms with van der Waals surface area (Å²) < 4.78 is 18.7. The molecule has 21 heavy (non-hydrogen) atoms. The molecule has 0 spiro atoms. The van der Waals surface area contributed by atoms with Gasteiger partial charge in [0.25, 0.3) is 0 Å². The molecule has 5 heteroatoms. The number of hydrogen-bond acceptors (Lipinski definition) is 2. The third-order valence-corrected chi connectivity index (χ3v) is 3.54. The van der Waals surface area contributed by atoms with Crippen molar-refractivity contribution in [2.45, 2.75) is 19.4 Å². The maximum absolute atomic E-state index is 13.2. The number of halogens is 3. The van der Waals surface area contributed by atoms with Crippen LogP contribution >= 0.6 is 23.2 Å². The minimum absolute atomic E-state index is 0.0122. The third kappa shape index (κ3) is 4.45. The van der Waals surface area contributed by atoms with Gasteiger partial charge >= 0.3 is 0 Å². The second kappa shape index (κ2) is 6.92. The second-order valence-electron chi connectivity index (χ2n) is 4.60. The highest BCUT2D eigenvalue weighted by atomic mass is 35.5. The minimum Gasteiger partial charge on any atom is -0.483 e. The molecule has 2 rings (SSSR count). The molecule has 0 saturated carbocycles. The zero-order valence-electron chi connectivity index (χ0n) is 11.3. The van der Waals surface area contributed by atoms with Crippen molar-refractivity contribution in [3.05, 3.63) is 63.9 Å². The molecule has 1 unspecified atom stereocenters. The molecule has 0 aromatic heterocycles. The Morgan fingerprint density at radius 1 is 1.24 bits per heavy atom. The van der Waals surface area contributed by atoms with E-state index in [2.05, 4.69) is 0 Å². The smallest absolute Gasteiger partial charge is 0.177 e. The van der Waals surface area contributed by atoms with Gasteiger partial charge in [-0.3, -0.25) is 4.79 Å². The number of ether oxygens (including phenoxy) is 1. The van der Waals surface area contributed by atoms with E-state index in [0.29, 0.717) is 21.4 Å². The van der Waals surface area contributed by atoms with Crippen LogP contribution in [0.25, 0.3) is 0 Å². The van der Waals surface area contributed by atoms with E-state index in [1.165, 1.54) is 18.2 Å². The van der Waals surface area contributed by atoms with Crippen molar-refractivity contribution in [1.82, 2.24) is 0 Å². The molecule has 0 radical (unpaired) electrons. The highest BCUT2D eigenvalue weighted by Crippen LogP contribution is 2.21. The lowest BCUT2D eigenvalue weighted by Gasteiger charge is -2.14. The summed E-state index contributed by atoms with van der Waals surface area (Å²) in [4.78, 5) is 12.1. The molecule has 0 amide bonds. The predicted molar refractivity (Wildman–Crippen MR) is 81.7 cm³/mol. The van der Waals surface area contributed by atoms with Crippen LogP contribution in [0.2, 0.25) is 10.0 Å². The summed E-state index contributed by atoms with van der Waals surface area (Å²) in [5.41, 5.74) is 0.447. The van der Waals surface area contributed by atoms with Gasteiger partial charge in [0.1, 0.15) is 11.6 Å². The first-order valence-corrected chi connectivity index (χ1v) is 7.10. The number of carbonyl (C=O) groups excluding carboxylic acids is 1. The van der Waals surface area contributed by atoms with E-state index in [-0.39, 0.29) is 12.2 Å². The molecular formula is C16H13Cl2FO2. The first-order valence-electron chi connectivity index (χ1n) is 6.34. The van der Waals surface area contributed by atoms with Gasteiger partial charge in [0, 0.05) is 16.5 Å². The molecule has 2 nitrogen and oxygen atoms in total. The number of Topliss-reactive ketones (excluding diaryl/α,β-unsaturated/α-hetero) is 1. The lowest BCUT2D eigenvalue weighted by molar-refractivity contribution is -0.124. The van der Waals surface area contributed by atoms with Crippen LogP contribution in [0.3, 0.4) is 0 Å². The topological polar surface area (TPSA) is 26.3 Å². The lowest BCUT2D eigenvalue weighted by Crippen LogP contribution is -2.25. The number of benzene rings is 2. The molecule has 2 aromatic rings. The van der Waals surface area contributed by atoms with Gasteiger partial charge in [-0.15, -0.1) is 0 Å². The fourth-order valence-corrected chi connectivity index (χ4v) is 2.19. The summed E-state index contributed by atoms with van der Waals surface area (Å²) in [6, 6.07) is 10.7. The van der Waals surface area contributed by atoms with Crippen LogP contribution in [-0.2, 0) is 11.2 Å². The largest absolute Gasteiger partial charge is 0.483 e. The van der Waals surface area contributed by atoms with Crippen LogP contribution < -0.4 is 4.74 Å². The van der Waals surface area contributed by atoms with E-state index in [9.17, 15) is 9.18 Å². The van der Waals surface area contributed by atoms with Crippen LogP contribution in [0.5, 0.6) is 5.75 Å². The first-order chi connectivity index (χ1) is 9.95. The van der Waals surface area contributed by atoms with Crippen molar-refractivity contribution >= 4 is 29.0 Å². The summed E-state index contributed by atoms with van der Waals surface area (Å²) in [6.07, 6.45) is -0.666. The zero-order chi connectivity index (χ0) is 15.4. The summed E-state index contributed by atoms with van der Waals surface area (Å²) in [5.74, 6) is -0.109. The molecule has 0 aliphatic rings. The average Bonchev–Trinajstić information content (AvgIpc) is 2.43. The minimum atomic E-state index is -0.678. The Balaban J connectivity index is 2.04. The Hall–Kier alpha value is -1.58. The Bertz CT molecular complexity index is 658. The van der Waals surface area contributed by atoms with E-state index in [1.54, 1.807) is 31.2 Å². The molecule has 0 aliphatic heterocycles. The van der Waals surface area contributed by atoms with Crippen molar-refractivity contribution in [2.75, 3.05) is 0 Å². The first kappa shape index (κ1) is 15.8. The van der Waals surface area contributed by atoms with Gasteiger partial charge in [0.15, 0.2) is 11.9 Å². The summed E-state index contributed by atoms with van der Waals surface area (Å²) in [7, 11) is 0. The Labute approximate surface area is 132 Å². The van der Waals surface area contributed by atoms with Crippen LogP contribution in [0, 0.1) is 5.82 Å².